The summed E-state index contributed by atoms with van der Waals surface area (Å²) in [5.41, 5.74) is 0.690. The van der Waals surface area contributed by atoms with Crippen molar-refractivity contribution in [2.45, 2.75) is 39.2 Å². The molecule has 0 fully saturated rings. The van der Waals surface area contributed by atoms with E-state index in [4.69, 9.17) is 18.6 Å². The molecule has 182 valence electrons. The van der Waals surface area contributed by atoms with Crippen molar-refractivity contribution in [2.24, 2.45) is 0 Å². The number of thiophene rings is 1. The molecule has 0 bridgehead atoms. The molecule has 0 aliphatic rings. The van der Waals surface area contributed by atoms with Crippen molar-refractivity contribution in [1.29, 1.82) is 0 Å². The molecule has 35 heavy (non-hydrogen) atoms. The number of aryl methyl sites for hydroxylation is 1. The second-order valence-electron chi connectivity index (χ2n) is 8.28. The Labute approximate surface area is 209 Å². The topological polar surface area (TPSA) is 70.8 Å². The van der Waals surface area contributed by atoms with Gasteiger partial charge in [-0.3, -0.25) is 0 Å². The van der Waals surface area contributed by atoms with Crippen molar-refractivity contribution in [3.63, 3.8) is 0 Å². The number of benzene rings is 2. The molecule has 4 aromatic rings. The number of hydrogen-bond acceptors (Lipinski definition) is 7. The Kier molecular flexibility index (Phi) is 7.87. The molecular weight excluding hydrogens is 462 g/mol. The van der Waals surface area contributed by atoms with Crippen molar-refractivity contribution < 1.29 is 23.4 Å². The van der Waals surface area contributed by atoms with Gasteiger partial charge in [-0.2, -0.15) is 0 Å². The fourth-order valence-electron chi connectivity index (χ4n) is 3.71. The zero-order valence-corrected chi connectivity index (χ0v) is 21.0. The minimum Gasteiger partial charge on any atom is -0.493 e. The molecule has 6 nitrogen and oxygen atoms in total. The van der Waals surface area contributed by atoms with Gasteiger partial charge >= 0.3 is 5.97 Å². The van der Waals surface area contributed by atoms with Crippen LogP contribution in [0.15, 0.2) is 76.5 Å². The summed E-state index contributed by atoms with van der Waals surface area (Å²) in [7, 11) is 0. The molecule has 0 aliphatic heterocycles. The lowest BCUT2D eigenvalue weighted by atomic mass is 9.96. The zero-order valence-electron chi connectivity index (χ0n) is 20.2. The van der Waals surface area contributed by atoms with Crippen molar-refractivity contribution in [1.82, 2.24) is 4.98 Å². The molecule has 0 aliphatic carbocycles. The number of nitrogens with zero attached hydrogens (tertiary/aromatic N) is 1. The van der Waals surface area contributed by atoms with Crippen LogP contribution in [0.25, 0.3) is 10.8 Å². The quantitative estimate of drug-likeness (QED) is 0.230. The molecule has 2 aromatic carbocycles. The van der Waals surface area contributed by atoms with Crippen LogP contribution < -0.4 is 9.47 Å². The Morgan fingerprint density at radius 2 is 1.80 bits per heavy atom. The van der Waals surface area contributed by atoms with Gasteiger partial charge in [0, 0.05) is 12.8 Å². The number of carbonyl (C=O) groups is 1. The van der Waals surface area contributed by atoms with E-state index in [-0.39, 0.29) is 0 Å². The van der Waals surface area contributed by atoms with Gasteiger partial charge in [-0.15, -0.1) is 11.3 Å². The van der Waals surface area contributed by atoms with Crippen LogP contribution in [0, 0.1) is 6.92 Å². The van der Waals surface area contributed by atoms with Gasteiger partial charge in [0.2, 0.25) is 11.5 Å². The number of ether oxygens (including phenoxy) is 3. The van der Waals surface area contributed by atoms with Gasteiger partial charge in [-0.05, 0) is 62.0 Å². The van der Waals surface area contributed by atoms with E-state index in [2.05, 4.69) is 4.98 Å². The van der Waals surface area contributed by atoms with E-state index in [9.17, 15) is 4.79 Å². The lowest BCUT2D eigenvalue weighted by molar-refractivity contribution is -0.160. The average Bonchev–Trinajstić information content (AvgIpc) is 3.51. The van der Waals surface area contributed by atoms with Gasteiger partial charge in [-0.25, -0.2) is 9.78 Å². The Bertz CT molecular complexity index is 1220. The molecule has 1 atom stereocenters. The smallest absolute Gasteiger partial charge is 0.350 e. The van der Waals surface area contributed by atoms with Crippen molar-refractivity contribution in [2.75, 3.05) is 13.2 Å². The molecule has 0 amide bonds. The maximum atomic E-state index is 12.7. The molecule has 2 heterocycles. The molecule has 0 radical (unpaired) electrons. The third-order valence-corrected chi connectivity index (χ3v) is 6.35. The van der Waals surface area contributed by atoms with Crippen molar-refractivity contribution in [3.05, 3.63) is 89.1 Å². The van der Waals surface area contributed by atoms with E-state index in [1.165, 1.54) is 0 Å². The maximum Gasteiger partial charge on any atom is 0.350 e. The normalized spacial score (nSPS) is 12.7. The number of rotatable bonds is 11. The molecule has 0 saturated heterocycles. The van der Waals surface area contributed by atoms with Gasteiger partial charge in [-0.1, -0.05) is 36.4 Å². The van der Waals surface area contributed by atoms with Gasteiger partial charge < -0.3 is 18.6 Å². The fourth-order valence-corrected chi connectivity index (χ4v) is 4.36. The van der Waals surface area contributed by atoms with Crippen LogP contribution in [0.3, 0.4) is 0 Å². The first kappa shape index (κ1) is 24.5. The lowest BCUT2D eigenvalue weighted by Gasteiger charge is -2.28. The molecule has 7 heteroatoms. The third-order valence-electron chi connectivity index (χ3n) is 5.49. The Balaban J connectivity index is 1.36. The summed E-state index contributed by atoms with van der Waals surface area (Å²) in [5, 5.41) is 2.00. The summed E-state index contributed by atoms with van der Waals surface area (Å²) < 4.78 is 23.1. The van der Waals surface area contributed by atoms with Crippen LogP contribution in [-0.2, 0) is 22.4 Å². The molecule has 4 rings (SSSR count). The van der Waals surface area contributed by atoms with Crippen LogP contribution in [0.4, 0.5) is 0 Å². The molecule has 2 aromatic heterocycles. The van der Waals surface area contributed by atoms with Crippen molar-refractivity contribution >= 4 is 17.3 Å². The number of hydrogen-bond donors (Lipinski definition) is 0. The van der Waals surface area contributed by atoms with Crippen molar-refractivity contribution in [3.8, 4) is 22.3 Å². The van der Waals surface area contributed by atoms with Crippen LogP contribution in [0.2, 0.25) is 0 Å². The minimum absolute atomic E-state index is 0.291. The molecule has 0 N–H and O–H groups in total. The summed E-state index contributed by atoms with van der Waals surface area (Å²) in [6.07, 6.45) is 1.01. The zero-order chi connectivity index (χ0) is 24.7. The summed E-state index contributed by atoms with van der Waals surface area (Å²) in [4.78, 5) is 18.4. The second-order valence-corrected chi connectivity index (χ2v) is 9.23. The molecule has 0 unspecified atom stereocenters. The van der Waals surface area contributed by atoms with E-state index in [1.807, 2.05) is 79.0 Å². The summed E-state index contributed by atoms with van der Waals surface area (Å²) in [6.45, 7) is 6.24. The lowest BCUT2D eigenvalue weighted by Crippen LogP contribution is -2.45. The average molecular weight is 492 g/mol. The highest BCUT2D eigenvalue weighted by Gasteiger charge is 2.37. The summed E-state index contributed by atoms with van der Waals surface area (Å²) in [5.74, 6) is 2.43. The van der Waals surface area contributed by atoms with Gasteiger partial charge in [0.1, 0.15) is 17.3 Å². The van der Waals surface area contributed by atoms with Crippen LogP contribution in [-0.4, -0.2) is 29.8 Å². The summed E-state index contributed by atoms with van der Waals surface area (Å²) >= 11 is 1.60. The Hall–Kier alpha value is -3.58. The molecule has 0 spiro atoms. The molecular formula is C28H29NO5S. The number of oxazole rings is 1. The Morgan fingerprint density at radius 3 is 2.49 bits per heavy atom. The van der Waals surface area contributed by atoms with E-state index in [0.29, 0.717) is 37.7 Å². The monoisotopic (exact) mass is 491 g/mol. The highest BCUT2D eigenvalue weighted by molar-refractivity contribution is 7.13. The first-order valence-electron chi connectivity index (χ1n) is 11.6. The molecule has 0 saturated carbocycles. The van der Waals surface area contributed by atoms with Gasteiger partial charge in [0.05, 0.1) is 23.8 Å². The first-order chi connectivity index (χ1) is 17.0. The number of carbonyl (C=O) groups excluding carboxylic acids is 1. The number of esters is 1. The predicted octanol–water partition coefficient (Wildman–Crippen LogP) is 6.28. The predicted molar refractivity (Wildman–Crippen MR) is 136 cm³/mol. The van der Waals surface area contributed by atoms with Crippen LogP contribution in [0.1, 0.15) is 30.9 Å². The SMILES string of the molecule is CCOC(=O)[C@](C)(Cc1ccc(OCCc2nc(-c3cccs3)oc2C)cc1)Oc1ccccc1. The minimum atomic E-state index is -1.15. The summed E-state index contributed by atoms with van der Waals surface area (Å²) in [6, 6.07) is 21.0. The highest BCUT2D eigenvalue weighted by Crippen LogP contribution is 2.27. The standard InChI is InChI=1S/C28H29NO5S/c1-4-31-27(30)28(3,34-23-9-6-5-7-10-23)19-21-12-14-22(15-13-21)32-17-16-24-20(2)33-26(29-24)25-11-8-18-35-25/h5-15,18H,4,16-17,19H2,1-3H3/t28-/m0/s1. The maximum absolute atomic E-state index is 12.7. The van der Waals surface area contributed by atoms with E-state index in [1.54, 1.807) is 25.2 Å². The Morgan fingerprint density at radius 1 is 1.03 bits per heavy atom. The number of aromatic nitrogens is 1. The van der Waals surface area contributed by atoms with Gasteiger partial charge in [0.15, 0.2) is 0 Å². The van der Waals surface area contributed by atoms with Gasteiger partial charge in [0.25, 0.3) is 0 Å². The van der Waals surface area contributed by atoms with E-state index < -0.39 is 11.6 Å². The number of para-hydroxylation sites is 1. The van der Waals surface area contributed by atoms with Crippen LogP contribution >= 0.6 is 11.3 Å². The second kappa shape index (κ2) is 11.2. The largest absolute Gasteiger partial charge is 0.493 e. The van der Waals surface area contributed by atoms with E-state index in [0.717, 1.165) is 27.6 Å². The van der Waals surface area contributed by atoms with Crippen LogP contribution in [0.5, 0.6) is 11.5 Å². The fraction of sp³-hybridized carbons (Fsp3) is 0.286. The highest BCUT2D eigenvalue weighted by atomic mass is 32.1. The first-order valence-corrected chi connectivity index (χ1v) is 12.5. The third kappa shape index (κ3) is 6.31. The van der Waals surface area contributed by atoms with E-state index >= 15 is 0 Å².